The zero-order valence-corrected chi connectivity index (χ0v) is 25.6. The van der Waals surface area contributed by atoms with E-state index in [0.717, 1.165) is 19.6 Å². The molecule has 0 aromatic heterocycles. The second-order valence-electron chi connectivity index (χ2n) is 7.99. The fourth-order valence-corrected chi connectivity index (χ4v) is 2.95. The van der Waals surface area contributed by atoms with E-state index in [1.54, 1.807) is 0 Å². The molecule has 0 rings (SSSR count). The van der Waals surface area contributed by atoms with Crippen molar-refractivity contribution in [1.82, 2.24) is 19.6 Å². The topological polar surface area (TPSA) is 311 Å². The van der Waals surface area contributed by atoms with Gasteiger partial charge in [0.15, 0.2) is 0 Å². The molecule has 0 aliphatic carbocycles. The SMILES string of the molecule is O=C(O)CN(CCN(CC(=O)O)CC(=O)O)CC(=O)O.O=C(O)CN(CCN(CC(=O)O)CC(=O)O)CC(=O)O.[Fe].[H-].[Na+]. The Labute approximate surface area is 272 Å². The van der Waals surface area contributed by atoms with Crippen LogP contribution >= 0.6 is 0 Å². The molecule has 0 fully saturated rings. The van der Waals surface area contributed by atoms with E-state index in [1.807, 2.05) is 0 Å². The molecule has 0 amide bonds. The van der Waals surface area contributed by atoms with Crippen LogP contribution in [0, 0.1) is 0 Å². The Kier molecular flexibility index (Phi) is 28.3. The number of carboxylic acids is 8. The summed E-state index contributed by atoms with van der Waals surface area (Å²) in [6.45, 7) is -4.50. The summed E-state index contributed by atoms with van der Waals surface area (Å²) in [5.41, 5.74) is 0. The van der Waals surface area contributed by atoms with E-state index in [2.05, 4.69) is 0 Å². The molecule has 0 aliphatic heterocycles. The zero-order chi connectivity index (χ0) is 31.4. The molecule has 0 radical (unpaired) electrons. The van der Waals surface area contributed by atoms with E-state index in [-0.39, 0.29) is 74.2 Å². The summed E-state index contributed by atoms with van der Waals surface area (Å²) in [5.74, 6) is -9.82. The first kappa shape index (κ1) is 46.1. The fourth-order valence-electron chi connectivity index (χ4n) is 2.95. The van der Waals surface area contributed by atoms with Crippen LogP contribution in [0.4, 0.5) is 0 Å². The number of nitrogens with zero attached hydrogens (tertiary/aromatic N) is 4. The third kappa shape index (κ3) is 31.6. The van der Waals surface area contributed by atoms with Crippen LogP contribution in [-0.2, 0) is 55.4 Å². The molecule has 22 heteroatoms. The van der Waals surface area contributed by atoms with E-state index in [1.165, 1.54) is 0 Å². The van der Waals surface area contributed by atoms with Crippen LogP contribution in [0.5, 0.6) is 0 Å². The van der Waals surface area contributed by atoms with Crippen molar-refractivity contribution in [2.45, 2.75) is 0 Å². The number of hydrogen-bond acceptors (Lipinski definition) is 12. The van der Waals surface area contributed by atoms with E-state index in [4.69, 9.17) is 40.9 Å². The average Bonchev–Trinajstić information content (AvgIpc) is 2.72. The monoisotopic (exact) mass is 664 g/mol. The van der Waals surface area contributed by atoms with Crippen molar-refractivity contribution in [2.75, 3.05) is 78.5 Å². The maximum absolute atomic E-state index is 10.6. The van der Waals surface area contributed by atoms with Gasteiger partial charge in [-0.25, -0.2) is 0 Å². The molecule has 0 atom stereocenters. The molecule has 42 heavy (non-hydrogen) atoms. The van der Waals surface area contributed by atoms with Gasteiger partial charge in [0, 0.05) is 43.2 Å². The Hall–Kier alpha value is -2.88. The molecular weight excluding hydrogens is 631 g/mol. The van der Waals surface area contributed by atoms with Crippen LogP contribution in [0.15, 0.2) is 0 Å². The molecule has 0 aromatic carbocycles. The third-order valence-corrected chi connectivity index (χ3v) is 4.34. The van der Waals surface area contributed by atoms with Gasteiger partial charge in [-0.05, 0) is 0 Å². The number of rotatable bonds is 22. The standard InChI is InChI=1S/2C10H16N2O8.Fe.Na.H/c2*13-7(14)3-11(4-8(15)16)1-2-12(5-9(17)18)6-10(19)20;;;/h2*1-6H2,(H,13,14)(H,15,16)(H,17,18)(H,19,20);;;/q;;;+1;-1. The van der Waals surface area contributed by atoms with Gasteiger partial charge in [-0.1, -0.05) is 0 Å². The Morgan fingerprint density at radius 1 is 0.333 bits per heavy atom. The number of aliphatic carboxylic acids is 8. The van der Waals surface area contributed by atoms with Gasteiger partial charge in [-0.3, -0.25) is 58.0 Å². The van der Waals surface area contributed by atoms with Crippen LogP contribution < -0.4 is 29.6 Å². The van der Waals surface area contributed by atoms with Crippen molar-refractivity contribution >= 4 is 47.8 Å². The Morgan fingerprint density at radius 2 is 0.429 bits per heavy atom. The first-order valence-electron chi connectivity index (χ1n) is 11.0. The van der Waals surface area contributed by atoms with Crippen molar-refractivity contribution < 1.29 is 127 Å². The van der Waals surface area contributed by atoms with Crippen molar-refractivity contribution in [3.63, 3.8) is 0 Å². The van der Waals surface area contributed by atoms with Crippen LogP contribution in [0.25, 0.3) is 0 Å². The van der Waals surface area contributed by atoms with Gasteiger partial charge in [-0.2, -0.15) is 0 Å². The molecule has 0 saturated carbocycles. The zero-order valence-electron chi connectivity index (χ0n) is 23.5. The smallest absolute Gasteiger partial charge is 1.00 e. The third-order valence-electron chi connectivity index (χ3n) is 4.34. The van der Waals surface area contributed by atoms with Crippen LogP contribution in [0.3, 0.4) is 0 Å². The van der Waals surface area contributed by atoms with Crippen LogP contribution in [0.2, 0.25) is 0 Å². The molecule has 0 aliphatic rings. The van der Waals surface area contributed by atoms with Crippen molar-refractivity contribution in [2.24, 2.45) is 0 Å². The average molecular weight is 664 g/mol. The predicted molar refractivity (Wildman–Crippen MR) is 128 cm³/mol. The minimum Gasteiger partial charge on any atom is -1.00 e. The Morgan fingerprint density at radius 3 is 0.500 bits per heavy atom. The van der Waals surface area contributed by atoms with Gasteiger partial charge in [0.25, 0.3) is 0 Å². The quantitative estimate of drug-likeness (QED) is 0.0498. The van der Waals surface area contributed by atoms with Gasteiger partial charge in [0.1, 0.15) is 0 Å². The van der Waals surface area contributed by atoms with Gasteiger partial charge in [-0.15, -0.1) is 0 Å². The molecule has 0 spiro atoms. The summed E-state index contributed by atoms with van der Waals surface area (Å²) in [4.78, 5) is 88.7. The van der Waals surface area contributed by atoms with E-state index >= 15 is 0 Å². The minimum absolute atomic E-state index is 0. The van der Waals surface area contributed by atoms with Crippen LogP contribution in [-0.4, -0.2) is 187 Å². The summed E-state index contributed by atoms with van der Waals surface area (Å²) in [5, 5.41) is 68.9. The van der Waals surface area contributed by atoms with Gasteiger partial charge >= 0.3 is 77.3 Å². The molecule has 8 N–H and O–H groups in total. The second-order valence-corrected chi connectivity index (χ2v) is 7.99. The summed E-state index contributed by atoms with van der Waals surface area (Å²) in [6.07, 6.45) is 0. The van der Waals surface area contributed by atoms with Crippen molar-refractivity contribution in [1.29, 1.82) is 0 Å². The molecule has 0 aromatic rings. The molecule has 0 saturated heterocycles. The summed E-state index contributed by atoms with van der Waals surface area (Å²) in [7, 11) is 0. The second kappa shape index (κ2) is 25.8. The first-order valence-corrected chi connectivity index (χ1v) is 11.0. The molecule has 0 bridgehead atoms. The Balaban J connectivity index is -0.000000209. The number of carboxylic acid groups (broad SMARTS) is 8. The minimum atomic E-state index is -1.23. The summed E-state index contributed by atoms with van der Waals surface area (Å²) in [6, 6.07) is 0. The number of hydrogen-bond donors (Lipinski definition) is 8. The largest absolute Gasteiger partial charge is 1.00 e. The molecule has 20 nitrogen and oxygen atoms in total. The molecular formula is C20H33FeN4NaO16. The predicted octanol–water partition coefficient (Wildman–Crippen LogP) is -7.03. The van der Waals surface area contributed by atoms with E-state index in [9.17, 15) is 38.4 Å². The maximum atomic E-state index is 10.6. The van der Waals surface area contributed by atoms with E-state index < -0.39 is 100 Å². The van der Waals surface area contributed by atoms with Gasteiger partial charge < -0.3 is 42.3 Å². The van der Waals surface area contributed by atoms with Crippen molar-refractivity contribution in [3.05, 3.63) is 0 Å². The normalized spacial score (nSPS) is 10.2. The van der Waals surface area contributed by atoms with Crippen LogP contribution in [0.1, 0.15) is 1.43 Å². The fraction of sp³-hybridized carbons (Fsp3) is 0.600. The first-order chi connectivity index (χ1) is 18.4. The van der Waals surface area contributed by atoms with Crippen molar-refractivity contribution in [3.8, 4) is 0 Å². The maximum Gasteiger partial charge on any atom is 1.00 e. The van der Waals surface area contributed by atoms with E-state index in [0.29, 0.717) is 0 Å². The summed E-state index contributed by atoms with van der Waals surface area (Å²) < 4.78 is 0. The number of carbonyl (C=O) groups is 8. The molecule has 0 unspecified atom stereocenters. The molecule has 0 heterocycles. The Bertz CT molecular complexity index is 723. The van der Waals surface area contributed by atoms with Gasteiger partial charge in [0.2, 0.25) is 0 Å². The summed E-state index contributed by atoms with van der Waals surface area (Å²) >= 11 is 0. The van der Waals surface area contributed by atoms with Gasteiger partial charge in [0.05, 0.1) is 52.4 Å². The molecule has 238 valence electrons.